The highest BCUT2D eigenvalue weighted by Crippen LogP contribution is 2.37. The van der Waals surface area contributed by atoms with Crippen LogP contribution in [0.25, 0.3) is 11.1 Å². The molecule has 0 atom stereocenters. The highest BCUT2D eigenvalue weighted by Gasteiger charge is 2.17. The van der Waals surface area contributed by atoms with E-state index >= 15 is 0 Å². The fourth-order valence-electron chi connectivity index (χ4n) is 3.71. The van der Waals surface area contributed by atoms with Gasteiger partial charge in [0, 0.05) is 27.9 Å². The Labute approximate surface area is 214 Å². The molecule has 4 aromatic rings. The van der Waals surface area contributed by atoms with Gasteiger partial charge in [0.2, 0.25) is 0 Å². The Bertz CT molecular complexity index is 1430. The van der Waals surface area contributed by atoms with E-state index in [1.54, 1.807) is 36.6 Å². The number of nitrogens with one attached hydrogen (secondary N) is 1. The number of carbonyl (C=O) groups excluding carboxylic acids is 2. The number of rotatable bonds is 5. The van der Waals surface area contributed by atoms with Crippen molar-refractivity contribution < 1.29 is 9.59 Å². The lowest BCUT2D eigenvalue weighted by Gasteiger charge is -2.11. The summed E-state index contributed by atoms with van der Waals surface area (Å²) < 4.78 is 0. The lowest BCUT2D eigenvalue weighted by atomic mass is 9.99. The standard InChI is InChI=1S/C29H20N2O2S.ClH/c32-28(27-18-19-30-25-12-6-7-13-26(25)34-27)21-14-16-22(17-15-21)31-29(33)24-11-5-4-10-23(24)20-8-2-1-3-9-20;/h1-19H,(H,31,33);1H. The summed E-state index contributed by atoms with van der Waals surface area (Å²) in [6, 6.07) is 32.0. The summed E-state index contributed by atoms with van der Waals surface area (Å²) in [6.07, 6.45) is 3.40. The van der Waals surface area contributed by atoms with E-state index in [0.717, 1.165) is 21.7 Å². The van der Waals surface area contributed by atoms with Crippen LogP contribution in [0.4, 0.5) is 11.4 Å². The van der Waals surface area contributed by atoms with E-state index in [1.165, 1.54) is 11.8 Å². The number of aliphatic imine (C=N–C) groups is 1. The van der Waals surface area contributed by atoms with E-state index < -0.39 is 0 Å². The average Bonchev–Trinajstić information content (AvgIpc) is 3.12. The summed E-state index contributed by atoms with van der Waals surface area (Å²) in [6.45, 7) is 0. The number of Topliss-reactive ketones (excluding diaryl/α,β-unsaturated/α-hetero) is 1. The Morgan fingerprint density at radius 3 is 2.23 bits per heavy atom. The van der Waals surface area contributed by atoms with Crippen molar-refractivity contribution in [2.45, 2.75) is 4.90 Å². The van der Waals surface area contributed by atoms with E-state index in [2.05, 4.69) is 10.3 Å². The summed E-state index contributed by atoms with van der Waals surface area (Å²) in [5.74, 6) is -0.283. The van der Waals surface area contributed by atoms with Gasteiger partial charge in [0.25, 0.3) is 5.91 Å². The third kappa shape index (κ3) is 5.43. The number of benzene rings is 4. The molecule has 0 aliphatic carbocycles. The smallest absolute Gasteiger partial charge is 0.256 e. The lowest BCUT2D eigenvalue weighted by molar-refractivity contribution is 0.102. The Morgan fingerprint density at radius 2 is 1.43 bits per heavy atom. The topological polar surface area (TPSA) is 58.5 Å². The van der Waals surface area contributed by atoms with Gasteiger partial charge in [-0.05, 0) is 59.7 Å². The first-order chi connectivity index (χ1) is 16.7. The molecule has 0 aromatic heterocycles. The number of fused-ring (bicyclic) bond motifs is 1. The predicted molar refractivity (Wildman–Crippen MR) is 146 cm³/mol. The van der Waals surface area contributed by atoms with E-state index in [1.807, 2.05) is 78.9 Å². The van der Waals surface area contributed by atoms with Gasteiger partial charge >= 0.3 is 0 Å². The van der Waals surface area contributed by atoms with Crippen LogP contribution in [0.1, 0.15) is 20.7 Å². The van der Waals surface area contributed by atoms with Crippen LogP contribution in [-0.4, -0.2) is 17.9 Å². The Kier molecular flexibility index (Phi) is 7.60. The van der Waals surface area contributed by atoms with Gasteiger partial charge in [-0.25, -0.2) is 0 Å². The molecule has 0 saturated carbocycles. The molecule has 1 aliphatic heterocycles. The van der Waals surface area contributed by atoms with E-state index in [0.29, 0.717) is 21.7 Å². The molecule has 35 heavy (non-hydrogen) atoms. The molecule has 1 heterocycles. The highest BCUT2D eigenvalue weighted by molar-refractivity contribution is 8.04. The summed E-state index contributed by atoms with van der Waals surface area (Å²) in [4.78, 5) is 32.0. The average molecular weight is 497 g/mol. The summed E-state index contributed by atoms with van der Waals surface area (Å²) in [5, 5.41) is 2.95. The van der Waals surface area contributed by atoms with Crippen molar-refractivity contribution in [2.24, 2.45) is 4.99 Å². The maximum Gasteiger partial charge on any atom is 0.256 e. The normalized spacial score (nSPS) is 11.9. The van der Waals surface area contributed by atoms with Crippen molar-refractivity contribution in [3.63, 3.8) is 0 Å². The first-order valence-electron chi connectivity index (χ1n) is 10.8. The van der Waals surface area contributed by atoms with E-state index in [9.17, 15) is 9.59 Å². The number of ketones is 1. The number of halogens is 1. The van der Waals surface area contributed by atoms with Crippen molar-refractivity contribution in [1.82, 2.24) is 0 Å². The number of nitrogens with zero attached hydrogens (tertiary/aromatic N) is 1. The van der Waals surface area contributed by atoms with Gasteiger partial charge in [-0.15, -0.1) is 12.4 Å². The second-order valence-electron chi connectivity index (χ2n) is 7.65. The van der Waals surface area contributed by atoms with Crippen LogP contribution < -0.4 is 5.32 Å². The first-order valence-corrected chi connectivity index (χ1v) is 11.6. The number of amides is 1. The summed E-state index contributed by atoms with van der Waals surface area (Å²) >= 11 is 1.41. The Balaban J connectivity index is 0.00000289. The second kappa shape index (κ2) is 11.0. The molecule has 4 nitrogen and oxygen atoms in total. The molecular formula is C29H21ClN2O2S. The number of para-hydroxylation sites is 1. The van der Waals surface area contributed by atoms with Gasteiger partial charge < -0.3 is 5.32 Å². The zero-order valence-corrected chi connectivity index (χ0v) is 20.2. The zero-order chi connectivity index (χ0) is 23.3. The molecular weight excluding hydrogens is 476 g/mol. The summed E-state index contributed by atoms with van der Waals surface area (Å²) in [5.41, 5.74) is 4.46. The van der Waals surface area contributed by atoms with Crippen LogP contribution in [0.5, 0.6) is 0 Å². The van der Waals surface area contributed by atoms with Crippen molar-refractivity contribution in [2.75, 3.05) is 5.32 Å². The zero-order valence-electron chi connectivity index (χ0n) is 18.5. The minimum Gasteiger partial charge on any atom is -0.322 e. The van der Waals surface area contributed by atoms with Crippen LogP contribution in [-0.2, 0) is 0 Å². The maximum atomic E-state index is 13.1. The van der Waals surface area contributed by atoms with Crippen LogP contribution in [0.3, 0.4) is 0 Å². The molecule has 0 saturated heterocycles. The molecule has 4 aromatic carbocycles. The summed E-state index contributed by atoms with van der Waals surface area (Å²) in [7, 11) is 0. The van der Waals surface area contributed by atoms with Crippen LogP contribution in [0, 0.1) is 0 Å². The molecule has 0 unspecified atom stereocenters. The third-order valence-electron chi connectivity index (χ3n) is 5.41. The van der Waals surface area contributed by atoms with Crippen LogP contribution in [0.2, 0.25) is 0 Å². The number of anilines is 1. The largest absolute Gasteiger partial charge is 0.322 e. The Morgan fingerprint density at radius 1 is 0.743 bits per heavy atom. The van der Waals surface area contributed by atoms with Crippen LogP contribution >= 0.6 is 24.2 Å². The second-order valence-corrected chi connectivity index (χ2v) is 8.73. The van der Waals surface area contributed by atoms with E-state index in [4.69, 9.17) is 0 Å². The highest BCUT2D eigenvalue weighted by atomic mass is 35.5. The minimum atomic E-state index is -0.201. The van der Waals surface area contributed by atoms with Gasteiger partial charge in [0.1, 0.15) is 0 Å². The van der Waals surface area contributed by atoms with Gasteiger partial charge in [0.05, 0.1) is 10.6 Å². The van der Waals surface area contributed by atoms with Crippen molar-refractivity contribution in [1.29, 1.82) is 0 Å². The fraction of sp³-hybridized carbons (Fsp3) is 0. The first kappa shape index (κ1) is 24.2. The maximum absolute atomic E-state index is 13.1. The van der Waals surface area contributed by atoms with Crippen LogP contribution in [0.15, 0.2) is 124 Å². The molecule has 1 N–H and O–H groups in total. The molecule has 0 bridgehead atoms. The predicted octanol–water partition coefficient (Wildman–Crippen LogP) is 7.60. The van der Waals surface area contributed by atoms with Gasteiger partial charge in [0.15, 0.2) is 5.78 Å². The number of allylic oxidation sites excluding steroid dienone is 2. The molecule has 1 aliphatic rings. The molecule has 1 amide bonds. The molecule has 0 spiro atoms. The van der Waals surface area contributed by atoms with Gasteiger partial charge in [-0.2, -0.15) is 0 Å². The number of hydrogen-bond acceptors (Lipinski definition) is 4. The molecule has 0 radical (unpaired) electrons. The molecule has 5 rings (SSSR count). The quantitative estimate of drug-likeness (QED) is 0.289. The number of thioether (sulfide) groups is 1. The fourth-order valence-corrected chi connectivity index (χ4v) is 4.65. The number of carbonyl (C=O) groups is 2. The van der Waals surface area contributed by atoms with Crippen molar-refractivity contribution in [3.8, 4) is 11.1 Å². The monoisotopic (exact) mass is 496 g/mol. The van der Waals surface area contributed by atoms with E-state index in [-0.39, 0.29) is 24.1 Å². The molecule has 172 valence electrons. The minimum absolute atomic E-state index is 0. The molecule has 0 fully saturated rings. The lowest BCUT2D eigenvalue weighted by Crippen LogP contribution is -2.13. The van der Waals surface area contributed by atoms with Gasteiger partial charge in [-0.1, -0.05) is 72.4 Å². The molecule has 6 heteroatoms. The number of hydrogen-bond donors (Lipinski definition) is 1. The van der Waals surface area contributed by atoms with Crippen molar-refractivity contribution in [3.05, 3.63) is 125 Å². The third-order valence-corrected chi connectivity index (χ3v) is 6.52. The Hall–Kier alpha value is -3.93. The van der Waals surface area contributed by atoms with Crippen molar-refractivity contribution >= 4 is 53.4 Å². The van der Waals surface area contributed by atoms with Gasteiger partial charge in [-0.3, -0.25) is 14.6 Å². The SMILES string of the molecule is Cl.O=C(C1=CC=Nc2ccccc2S1)c1ccc(NC(=O)c2ccccc2-c2ccccc2)cc1.